The van der Waals surface area contributed by atoms with Gasteiger partial charge in [0.25, 0.3) is 0 Å². The van der Waals surface area contributed by atoms with Gasteiger partial charge in [-0.05, 0) is 50.9 Å². The second-order valence-electron chi connectivity index (χ2n) is 6.23. The van der Waals surface area contributed by atoms with Crippen LogP contribution >= 0.6 is 0 Å². The molecule has 2 aromatic rings. The largest absolute Gasteiger partial charge is 0.399 e. The van der Waals surface area contributed by atoms with Crippen LogP contribution in [-0.4, -0.2) is 33.6 Å². The minimum atomic E-state index is 0.587. The van der Waals surface area contributed by atoms with E-state index >= 15 is 0 Å². The molecule has 4 rings (SSSR count). The Labute approximate surface area is 119 Å². The van der Waals surface area contributed by atoms with Crippen LogP contribution in [0.1, 0.15) is 37.5 Å². The molecule has 20 heavy (non-hydrogen) atoms. The van der Waals surface area contributed by atoms with Crippen molar-refractivity contribution >= 4 is 16.7 Å². The fourth-order valence-electron chi connectivity index (χ4n) is 4.18. The number of imidazole rings is 1. The van der Waals surface area contributed by atoms with E-state index in [0.717, 1.165) is 17.0 Å². The van der Waals surface area contributed by atoms with Crippen molar-refractivity contribution in [2.45, 2.75) is 44.7 Å². The molecule has 1 aromatic carbocycles. The van der Waals surface area contributed by atoms with Crippen molar-refractivity contribution in [3.05, 3.63) is 24.0 Å². The zero-order valence-electron chi connectivity index (χ0n) is 12.0. The number of anilines is 1. The summed E-state index contributed by atoms with van der Waals surface area (Å²) in [6.07, 6.45) is 5.32. The molecule has 106 valence electrons. The van der Waals surface area contributed by atoms with Gasteiger partial charge in [-0.1, -0.05) is 6.42 Å². The molecule has 2 atom stereocenters. The summed E-state index contributed by atoms with van der Waals surface area (Å²) in [6.45, 7) is 4.64. The average Bonchev–Trinajstić information content (AvgIpc) is 2.98. The fourth-order valence-corrected chi connectivity index (χ4v) is 4.18. The Balaban J connectivity index is 1.80. The number of piperidine rings is 1. The van der Waals surface area contributed by atoms with Gasteiger partial charge in [0.15, 0.2) is 0 Å². The molecule has 0 aliphatic carbocycles. The standard InChI is InChI=1S/C16H22N4/c1-11-18-13-10-12(17)5-6-14(13)20(11)16-7-9-19-8-3-2-4-15(16)19/h5-6,10,15-16H,2-4,7-9,17H2,1H3. The molecule has 0 bridgehead atoms. The summed E-state index contributed by atoms with van der Waals surface area (Å²) < 4.78 is 2.46. The van der Waals surface area contributed by atoms with E-state index in [4.69, 9.17) is 10.7 Å². The van der Waals surface area contributed by atoms with E-state index < -0.39 is 0 Å². The number of nitrogens with two attached hydrogens (primary N) is 1. The Kier molecular flexibility index (Phi) is 2.74. The lowest BCUT2D eigenvalue weighted by atomic mass is 9.98. The van der Waals surface area contributed by atoms with Gasteiger partial charge in [0, 0.05) is 18.3 Å². The average molecular weight is 270 g/mol. The quantitative estimate of drug-likeness (QED) is 0.811. The van der Waals surface area contributed by atoms with Gasteiger partial charge >= 0.3 is 0 Å². The lowest BCUT2D eigenvalue weighted by Gasteiger charge is -2.33. The Morgan fingerprint density at radius 1 is 1.15 bits per heavy atom. The molecule has 2 unspecified atom stereocenters. The van der Waals surface area contributed by atoms with Crippen LogP contribution in [0.5, 0.6) is 0 Å². The normalized spacial score (nSPS) is 27.1. The zero-order valence-corrected chi connectivity index (χ0v) is 12.0. The van der Waals surface area contributed by atoms with Gasteiger partial charge in [-0.3, -0.25) is 4.90 Å². The molecule has 0 radical (unpaired) electrons. The highest BCUT2D eigenvalue weighted by Gasteiger charge is 2.37. The summed E-state index contributed by atoms with van der Waals surface area (Å²) in [7, 11) is 0. The zero-order chi connectivity index (χ0) is 13.7. The molecule has 2 fully saturated rings. The first-order valence-corrected chi connectivity index (χ1v) is 7.72. The van der Waals surface area contributed by atoms with Crippen LogP contribution in [0.25, 0.3) is 11.0 Å². The highest BCUT2D eigenvalue weighted by molar-refractivity contribution is 5.79. The van der Waals surface area contributed by atoms with Crippen molar-refractivity contribution in [1.82, 2.24) is 14.5 Å². The topological polar surface area (TPSA) is 47.1 Å². The smallest absolute Gasteiger partial charge is 0.107 e. The first-order chi connectivity index (χ1) is 9.74. The Hall–Kier alpha value is -1.55. The van der Waals surface area contributed by atoms with Crippen molar-refractivity contribution < 1.29 is 0 Å². The maximum Gasteiger partial charge on any atom is 0.107 e. The Morgan fingerprint density at radius 3 is 2.95 bits per heavy atom. The van der Waals surface area contributed by atoms with Gasteiger partial charge in [-0.25, -0.2) is 4.98 Å². The maximum absolute atomic E-state index is 5.89. The number of aromatic nitrogens is 2. The summed E-state index contributed by atoms with van der Waals surface area (Å²) in [6, 6.07) is 7.41. The van der Waals surface area contributed by atoms with Gasteiger partial charge < -0.3 is 10.3 Å². The van der Waals surface area contributed by atoms with Crippen LogP contribution < -0.4 is 5.73 Å². The molecule has 1 aromatic heterocycles. The maximum atomic E-state index is 5.89. The van der Waals surface area contributed by atoms with Crippen LogP contribution in [0.15, 0.2) is 18.2 Å². The summed E-state index contributed by atoms with van der Waals surface area (Å²) in [5.74, 6) is 1.13. The SMILES string of the molecule is Cc1nc2cc(N)ccc2n1C1CCN2CCCCC12. The van der Waals surface area contributed by atoms with E-state index in [0.29, 0.717) is 12.1 Å². The molecule has 3 heterocycles. The van der Waals surface area contributed by atoms with Crippen LogP contribution in [-0.2, 0) is 0 Å². The molecule has 2 aliphatic heterocycles. The number of nitrogens with zero attached hydrogens (tertiary/aromatic N) is 3. The predicted molar refractivity (Wildman–Crippen MR) is 81.7 cm³/mol. The number of hydrogen-bond acceptors (Lipinski definition) is 3. The minimum absolute atomic E-state index is 0.587. The highest BCUT2D eigenvalue weighted by Crippen LogP contribution is 2.37. The van der Waals surface area contributed by atoms with Crippen molar-refractivity contribution in [3.63, 3.8) is 0 Å². The Bertz CT molecular complexity index is 645. The van der Waals surface area contributed by atoms with Crippen LogP contribution in [0.3, 0.4) is 0 Å². The van der Waals surface area contributed by atoms with E-state index in [-0.39, 0.29) is 0 Å². The molecule has 4 nitrogen and oxygen atoms in total. The second kappa shape index (κ2) is 4.48. The summed E-state index contributed by atoms with van der Waals surface area (Å²) >= 11 is 0. The van der Waals surface area contributed by atoms with E-state index in [1.165, 1.54) is 44.3 Å². The second-order valence-corrected chi connectivity index (χ2v) is 6.23. The van der Waals surface area contributed by atoms with Crippen LogP contribution in [0, 0.1) is 6.92 Å². The fraction of sp³-hybridized carbons (Fsp3) is 0.562. The first kappa shape index (κ1) is 12.2. The van der Waals surface area contributed by atoms with Gasteiger partial charge in [0.05, 0.1) is 17.1 Å². The molecule has 2 N–H and O–H groups in total. The van der Waals surface area contributed by atoms with E-state index in [1.807, 2.05) is 12.1 Å². The predicted octanol–water partition coefficient (Wildman–Crippen LogP) is 2.73. The van der Waals surface area contributed by atoms with Gasteiger partial charge in [0.1, 0.15) is 5.82 Å². The number of aryl methyl sites for hydroxylation is 1. The monoisotopic (exact) mass is 270 g/mol. The molecular formula is C16H22N4. The van der Waals surface area contributed by atoms with Gasteiger partial charge in [-0.15, -0.1) is 0 Å². The summed E-state index contributed by atoms with van der Waals surface area (Å²) in [5.41, 5.74) is 8.97. The molecule has 0 saturated carbocycles. The first-order valence-electron chi connectivity index (χ1n) is 7.72. The third kappa shape index (κ3) is 1.74. The van der Waals surface area contributed by atoms with E-state index in [9.17, 15) is 0 Å². The molecule has 2 saturated heterocycles. The lowest BCUT2D eigenvalue weighted by molar-refractivity contribution is 0.174. The number of nitrogen functional groups attached to an aromatic ring is 1. The third-order valence-corrected chi connectivity index (χ3v) is 5.04. The molecular weight excluding hydrogens is 248 g/mol. The summed E-state index contributed by atoms with van der Waals surface area (Å²) in [5, 5.41) is 0. The third-order valence-electron chi connectivity index (χ3n) is 5.04. The van der Waals surface area contributed by atoms with Crippen molar-refractivity contribution in [2.24, 2.45) is 0 Å². The number of benzene rings is 1. The molecule has 2 aliphatic rings. The number of fused-ring (bicyclic) bond motifs is 2. The van der Waals surface area contributed by atoms with E-state index in [1.54, 1.807) is 0 Å². The number of rotatable bonds is 1. The van der Waals surface area contributed by atoms with Gasteiger partial charge in [0.2, 0.25) is 0 Å². The molecule has 4 heteroatoms. The van der Waals surface area contributed by atoms with Crippen molar-refractivity contribution in [2.75, 3.05) is 18.8 Å². The Morgan fingerprint density at radius 2 is 2.05 bits per heavy atom. The van der Waals surface area contributed by atoms with Crippen LogP contribution in [0.4, 0.5) is 5.69 Å². The number of hydrogen-bond donors (Lipinski definition) is 1. The van der Waals surface area contributed by atoms with Crippen molar-refractivity contribution in [1.29, 1.82) is 0 Å². The summed E-state index contributed by atoms with van der Waals surface area (Å²) in [4.78, 5) is 7.40. The highest BCUT2D eigenvalue weighted by atomic mass is 15.3. The van der Waals surface area contributed by atoms with E-state index in [2.05, 4.69) is 22.5 Å². The molecule has 0 spiro atoms. The molecule has 0 amide bonds. The van der Waals surface area contributed by atoms with Crippen molar-refractivity contribution in [3.8, 4) is 0 Å². The van der Waals surface area contributed by atoms with Gasteiger partial charge in [-0.2, -0.15) is 0 Å². The van der Waals surface area contributed by atoms with Crippen LogP contribution in [0.2, 0.25) is 0 Å². The minimum Gasteiger partial charge on any atom is -0.399 e. The lowest BCUT2D eigenvalue weighted by Crippen LogP contribution is -2.37.